The molecule has 0 aliphatic carbocycles. The van der Waals surface area contributed by atoms with Gasteiger partial charge in [-0.3, -0.25) is 6.58 Å². The molecule has 1 aliphatic rings. The molecular weight excluding hydrogens is 437 g/mol. The SMILES string of the molecule is CSN1[CH-]N(SC)CC1.[CH-]=C/C=C(/C(F)=C\C(F)=C/C)N(C)C.[Ru+2]. The van der Waals surface area contributed by atoms with Crippen molar-refractivity contribution >= 4 is 23.9 Å². The van der Waals surface area contributed by atoms with Gasteiger partial charge in [0.1, 0.15) is 11.7 Å². The van der Waals surface area contributed by atoms with E-state index in [-0.39, 0.29) is 25.2 Å². The van der Waals surface area contributed by atoms with E-state index < -0.39 is 11.7 Å². The summed E-state index contributed by atoms with van der Waals surface area (Å²) in [5.41, 5.74) is 0.226. The molecule has 1 aliphatic heterocycles. The number of likely N-dealkylation sites (N-methyl/N-ethyl adjacent to an activating group) is 1. The van der Waals surface area contributed by atoms with Crippen LogP contribution in [-0.2, 0) is 19.5 Å². The molecule has 0 atom stereocenters. The molecule has 1 saturated heterocycles. The van der Waals surface area contributed by atoms with E-state index in [2.05, 4.69) is 27.8 Å². The van der Waals surface area contributed by atoms with E-state index in [0.29, 0.717) is 0 Å². The molecule has 0 N–H and O–H groups in total. The molecular formula is C16H25F2N3RuS2. The van der Waals surface area contributed by atoms with Crippen LogP contribution in [0.4, 0.5) is 8.78 Å². The van der Waals surface area contributed by atoms with E-state index in [4.69, 9.17) is 6.58 Å². The second-order valence-electron chi connectivity index (χ2n) is 4.57. The third-order valence-electron chi connectivity index (χ3n) is 2.79. The number of hydrogen-bond acceptors (Lipinski definition) is 5. The molecule has 0 saturated carbocycles. The van der Waals surface area contributed by atoms with Crippen LogP contribution in [0.5, 0.6) is 0 Å². The van der Waals surface area contributed by atoms with Gasteiger partial charge < -0.3 is 13.5 Å². The maximum atomic E-state index is 13.3. The van der Waals surface area contributed by atoms with E-state index in [1.54, 1.807) is 38.0 Å². The monoisotopic (exact) mass is 463 g/mol. The quantitative estimate of drug-likeness (QED) is 0.249. The van der Waals surface area contributed by atoms with Crippen molar-refractivity contribution in [2.75, 3.05) is 39.7 Å². The van der Waals surface area contributed by atoms with E-state index in [0.717, 1.165) is 19.2 Å². The fraction of sp³-hybridized carbons (Fsp3) is 0.438. The van der Waals surface area contributed by atoms with Crippen molar-refractivity contribution in [2.24, 2.45) is 0 Å². The summed E-state index contributed by atoms with van der Waals surface area (Å²) in [6.45, 7) is 11.1. The van der Waals surface area contributed by atoms with Crippen molar-refractivity contribution in [1.82, 2.24) is 13.5 Å². The zero-order valence-electron chi connectivity index (χ0n) is 14.6. The van der Waals surface area contributed by atoms with Crippen molar-refractivity contribution in [3.63, 3.8) is 0 Å². The zero-order valence-corrected chi connectivity index (χ0v) is 18.0. The largest absolute Gasteiger partial charge is 2.00 e. The molecule has 3 nitrogen and oxygen atoms in total. The van der Waals surface area contributed by atoms with Gasteiger partial charge in [-0.1, -0.05) is 6.08 Å². The first-order chi connectivity index (χ1) is 10.9. The Kier molecular flexibility index (Phi) is 16.5. The Balaban J connectivity index is 0. The summed E-state index contributed by atoms with van der Waals surface area (Å²) < 4.78 is 30.5. The Bertz CT molecular complexity index is 445. The van der Waals surface area contributed by atoms with Gasteiger partial charge in [0.25, 0.3) is 0 Å². The molecule has 0 amide bonds. The van der Waals surface area contributed by atoms with Gasteiger partial charge in [0.05, 0.1) is 0 Å². The Labute approximate surface area is 166 Å². The average molecular weight is 463 g/mol. The van der Waals surface area contributed by atoms with Crippen molar-refractivity contribution in [3.05, 3.63) is 54.9 Å². The molecule has 1 fully saturated rings. The summed E-state index contributed by atoms with van der Waals surface area (Å²) >= 11 is 3.55. The summed E-state index contributed by atoms with van der Waals surface area (Å²) in [6.07, 6.45) is 8.76. The molecule has 0 bridgehead atoms. The van der Waals surface area contributed by atoms with Crippen LogP contribution in [0.2, 0.25) is 0 Å². The Hall–Kier alpha value is -0.137. The van der Waals surface area contributed by atoms with Gasteiger partial charge in [-0.2, -0.15) is 12.7 Å². The average Bonchev–Trinajstić information content (AvgIpc) is 3.00. The van der Waals surface area contributed by atoms with Crippen molar-refractivity contribution in [1.29, 1.82) is 0 Å². The summed E-state index contributed by atoms with van der Waals surface area (Å²) in [5, 5.41) is 0. The molecule has 1 heterocycles. The van der Waals surface area contributed by atoms with Gasteiger partial charge in [-0.05, 0) is 38.2 Å². The van der Waals surface area contributed by atoms with Gasteiger partial charge in [0.2, 0.25) is 0 Å². The second-order valence-corrected chi connectivity index (χ2v) is 6.23. The fourth-order valence-corrected chi connectivity index (χ4v) is 2.55. The molecule has 24 heavy (non-hydrogen) atoms. The molecule has 0 radical (unpaired) electrons. The minimum Gasteiger partial charge on any atom is -0.390 e. The number of halogens is 2. The first-order valence-electron chi connectivity index (χ1n) is 6.98. The molecule has 8 heteroatoms. The van der Waals surface area contributed by atoms with Crippen LogP contribution in [0, 0.1) is 13.2 Å². The Morgan fingerprint density at radius 2 is 1.67 bits per heavy atom. The predicted molar refractivity (Wildman–Crippen MR) is 99.4 cm³/mol. The van der Waals surface area contributed by atoms with E-state index in [1.807, 2.05) is 0 Å². The number of hydrogen-bond donors (Lipinski definition) is 0. The van der Waals surface area contributed by atoms with Crippen LogP contribution in [0.3, 0.4) is 0 Å². The van der Waals surface area contributed by atoms with Gasteiger partial charge >= 0.3 is 19.5 Å². The fourth-order valence-electron chi connectivity index (χ4n) is 1.54. The first kappa shape index (κ1) is 26.1. The molecule has 138 valence electrons. The van der Waals surface area contributed by atoms with Gasteiger partial charge in [-0.25, -0.2) is 14.9 Å². The summed E-state index contributed by atoms with van der Waals surface area (Å²) in [7, 11) is 3.30. The summed E-state index contributed by atoms with van der Waals surface area (Å²) in [5.74, 6) is -1.28. The van der Waals surface area contributed by atoms with Crippen LogP contribution in [0.15, 0.2) is 41.7 Å². The Morgan fingerprint density at radius 3 is 1.96 bits per heavy atom. The minimum absolute atomic E-state index is 0. The van der Waals surface area contributed by atoms with Gasteiger partial charge in [0, 0.05) is 20.2 Å². The molecule has 0 aromatic rings. The standard InChI is InChI=1S/C11H14F2N.C5H11N2S2.Ru/c1-5-7-11(14(3)4)10(13)8-9(12)6-2;1-8-6-3-4-7(5-6)9-2;/h1,5-8H,2-4H3;5H,3-4H2,1-2H3;/q2*-1;+2/b9-6+,10-8+,11-7-;;. The number of nitrogens with zero attached hydrogens (tertiary/aromatic N) is 3. The molecule has 0 aromatic carbocycles. The van der Waals surface area contributed by atoms with E-state index >= 15 is 0 Å². The third kappa shape index (κ3) is 10.7. The van der Waals surface area contributed by atoms with E-state index in [9.17, 15) is 8.78 Å². The number of rotatable bonds is 6. The van der Waals surface area contributed by atoms with Gasteiger partial charge in [0.15, 0.2) is 0 Å². The van der Waals surface area contributed by atoms with Crippen LogP contribution in [-0.4, -0.2) is 53.2 Å². The second kappa shape index (κ2) is 15.1. The van der Waals surface area contributed by atoms with Crippen LogP contribution >= 0.6 is 23.9 Å². The maximum Gasteiger partial charge on any atom is 2.00 e. The molecule has 1 rings (SSSR count). The smallest absolute Gasteiger partial charge is 0.390 e. The zero-order chi connectivity index (χ0) is 17.8. The van der Waals surface area contributed by atoms with Crippen molar-refractivity contribution in [2.45, 2.75) is 6.92 Å². The summed E-state index contributed by atoms with van der Waals surface area (Å²) in [6, 6.07) is 0. The topological polar surface area (TPSA) is 9.72 Å². The maximum absolute atomic E-state index is 13.3. The van der Waals surface area contributed by atoms with E-state index in [1.165, 1.54) is 30.1 Å². The normalized spacial score (nSPS) is 17.0. The summed E-state index contributed by atoms with van der Waals surface area (Å²) in [4.78, 5) is 1.51. The van der Waals surface area contributed by atoms with Gasteiger partial charge in [-0.15, -0.1) is 23.9 Å². The minimum atomic E-state index is -0.660. The van der Waals surface area contributed by atoms with Crippen LogP contribution < -0.4 is 0 Å². The van der Waals surface area contributed by atoms with Crippen LogP contribution in [0.1, 0.15) is 6.92 Å². The van der Waals surface area contributed by atoms with Crippen molar-refractivity contribution < 1.29 is 28.3 Å². The van der Waals surface area contributed by atoms with Crippen LogP contribution in [0.25, 0.3) is 0 Å². The Morgan fingerprint density at radius 1 is 1.17 bits per heavy atom. The molecule has 0 aromatic heterocycles. The first-order valence-corrected chi connectivity index (χ1v) is 9.34. The van der Waals surface area contributed by atoms with Crippen molar-refractivity contribution in [3.8, 4) is 0 Å². The molecule has 0 unspecified atom stereocenters. The molecule has 0 spiro atoms. The predicted octanol–water partition coefficient (Wildman–Crippen LogP) is 4.42. The third-order valence-corrected chi connectivity index (χ3v) is 4.28. The number of allylic oxidation sites excluding steroid dienone is 6.